The Balaban J connectivity index is 1.82. The van der Waals surface area contributed by atoms with Gasteiger partial charge >= 0.3 is 0 Å². The molecule has 0 fully saturated rings. The quantitative estimate of drug-likeness (QED) is 0.0475. The molecular weight excluding hydrogens is 853 g/mol. The number of hydrogen-bond donors (Lipinski definition) is 6. The zero-order valence-corrected chi connectivity index (χ0v) is 42.8. The summed E-state index contributed by atoms with van der Waals surface area (Å²) in [5.41, 5.74) is 9.64. The van der Waals surface area contributed by atoms with Crippen molar-refractivity contribution in [2.45, 2.75) is 143 Å². The largest absolute Gasteiger partial charge is 0.507 e. The summed E-state index contributed by atoms with van der Waals surface area (Å²) < 4.78 is 13.5. The van der Waals surface area contributed by atoms with Gasteiger partial charge in [-0.3, -0.25) is 9.59 Å². The highest BCUT2D eigenvalue weighted by Crippen LogP contribution is 2.44. The van der Waals surface area contributed by atoms with Gasteiger partial charge in [-0.25, -0.2) is 0 Å². The smallest absolute Gasteiger partial charge is 0.243 e. The van der Waals surface area contributed by atoms with Gasteiger partial charge in [0.2, 0.25) is 11.8 Å². The van der Waals surface area contributed by atoms with Crippen molar-refractivity contribution in [2.24, 2.45) is 0 Å². The molecule has 1 aliphatic carbocycles. The Morgan fingerprint density at radius 1 is 0.471 bits per heavy atom. The minimum atomic E-state index is -0.276. The van der Waals surface area contributed by atoms with Crippen LogP contribution in [0.4, 0.5) is 0 Å². The van der Waals surface area contributed by atoms with Crippen molar-refractivity contribution in [1.29, 1.82) is 0 Å². The molecule has 68 heavy (non-hydrogen) atoms. The molecule has 0 saturated heterocycles. The van der Waals surface area contributed by atoms with E-state index in [-0.39, 0.29) is 71.4 Å². The SMILES string of the molecule is CC(C)(C)c1cc2c(O)c(c1)Cc1cc(C(C)(C)C)cc(c1OC/C=C/C(=O)NCCCO)Cc1cc(C(C)(C)C)cc(c1O)Cc1cc(C(C)(C)C)cc(c1OC/C=C/C(=O)NCCCO)C2. The van der Waals surface area contributed by atoms with Crippen LogP contribution in [0.2, 0.25) is 0 Å². The van der Waals surface area contributed by atoms with Crippen molar-refractivity contribution in [2.75, 3.05) is 39.5 Å². The third-order valence-electron chi connectivity index (χ3n) is 12.5. The molecule has 10 heteroatoms. The van der Waals surface area contributed by atoms with E-state index in [4.69, 9.17) is 9.47 Å². The van der Waals surface area contributed by atoms with Crippen LogP contribution in [0.1, 0.15) is 163 Å². The highest BCUT2D eigenvalue weighted by atomic mass is 16.5. The zero-order chi connectivity index (χ0) is 50.2. The fourth-order valence-corrected chi connectivity index (χ4v) is 8.29. The van der Waals surface area contributed by atoms with Crippen LogP contribution in [0.3, 0.4) is 0 Å². The van der Waals surface area contributed by atoms with Gasteiger partial charge in [0.1, 0.15) is 36.2 Å². The van der Waals surface area contributed by atoms with Crippen molar-refractivity contribution in [3.8, 4) is 23.0 Å². The summed E-state index contributed by atoms with van der Waals surface area (Å²) in [7, 11) is 0. The monoisotopic (exact) mass is 931 g/mol. The molecule has 0 aliphatic heterocycles. The first-order valence-corrected chi connectivity index (χ1v) is 24.2. The van der Waals surface area contributed by atoms with Gasteiger partial charge in [-0.15, -0.1) is 0 Å². The number of hydrogen-bond acceptors (Lipinski definition) is 8. The van der Waals surface area contributed by atoms with Crippen LogP contribution in [0.5, 0.6) is 23.0 Å². The average molecular weight is 931 g/mol. The first kappa shape index (κ1) is 53.4. The molecule has 4 aromatic rings. The number of rotatable bonds is 14. The number of nitrogens with one attached hydrogen (secondary N) is 2. The molecule has 0 radical (unpaired) electrons. The topological polar surface area (TPSA) is 158 Å². The van der Waals surface area contributed by atoms with E-state index in [2.05, 4.69) is 142 Å². The maximum Gasteiger partial charge on any atom is 0.243 e. The molecule has 5 rings (SSSR count). The molecule has 0 unspecified atom stereocenters. The van der Waals surface area contributed by atoms with Crippen LogP contribution < -0.4 is 20.1 Å². The van der Waals surface area contributed by atoms with Crippen molar-refractivity contribution in [3.05, 3.63) is 140 Å². The second-order valence-electron chi connectivity index (χ2n) is 22.4. The predicted molar refractivity (Wildman–Crippen MR) is 274 cm³/mol. The molecule has 2 amide bonds. The number of carbonyl (C=O) groups excluding carboxylic acids is 2. The summed E-state index contributed by atoms with van der Waals surface area (Å²) in [4.78, 5) is 25.2. The maximum absolute atomic E-state index is 12.6. The molecular formula is C58H78N2O8. The fraction of sp³-hybridized carbons (Fsp3) is 0.483. The molecule has 6 N–H and O–H groups in total. The number of carbonyl (C=O) groups is 2. The number of aliphatic hydroxyl groups is 2. The van der Waals surface area contributed by atoms with E-state index >= 15 is 0 Å². The highest BCUT2D eigenvalue weighted by Gasteiger charge is 2.28. The maximum atomic E-state index is 12.6. The third-order valence-corrected chi connectivity index (χ3v) is 12.5. The lowest BCUT2D eigenvalue weighted by Crippen LogP contribution is -2.22. The fourth-order valence-electron chi connectivity index (χ4n) is 8.29. The summed E-state index contributed by atoms with van der Waals surface area (Å²) in [6.07, 6.45) is 8.52. The van der Waals surface area contributed by atoms with E-state index in [0.717, 1.165) is 66.8 Å². The number of amides is 2. The molecule has 1 aliphatic rings. The summed E-state index contributed by atoms with van der Waals surface area (Å²) in [6, 6.07) is 17.1. The Bertz CT molecular complexity index is 2220. The number of aliphatic hydroxyl groups excluding tert-OH is 2. The summed E-state index contributed by atoms with van der Waals surface area (Å²) in [5, 5.41) is 49.1. The van der Waals surface area contributed by atoms with Crippen molar-refractivity contribution in [3.63, 3.8) is 0 Å². The Kier molecular flexibility index (Phi) is 17.5. The van der Waals surface area contributed by atoms with Crippen molar-refractivity contribution >= 4 is 11.8 Å². The highest BCUT2D eigenvalue weighted by molar-refractivity contribution is 5.87. The van der Waals surface area contributed by atoms with Crippen LogP contribution in [-0.2, 0) is 56.9 Å². The van der Waals surface area contributed by atoms with E-state index in [9.17, 15) is 30.0 Å². The number of fused-ring (bicyclic) bond motifs is 8. The number of aromatic hydroxyl groups is 2. The van der Waals surface area contributed by atoms with E-state index in [0.29, 0.717) is 63.1 Å². The predicted octanol–water partition coefficient (Wildman–Crippen LogP) is 9.83. The molecule has 4 aromatic carbocycles. The minimum absolute atomic E-state index is 0.0106. The van der Waals surface area contributed by atoms with Gasteiger partial charge in [0, 0.05) is 64.1 Å². The standard InChI is InChI=1S/C58H78N2O8/c1-55(2,3)45-29-37-25-41-33-47(57(7,8)9)35-43(53(41)67-23-13-17-49(63)59-19-15-21-61)27-39-31-46(56(4,5)6)32-40(52(39)66)28-44-36-48(58(10,11)12)34-42(26-38(30-45)51(37)65)54(44)68-24-14-18-50(64)60-20-16-22-62/h13-14,17-18,29-36,61-62,65-66H,15-16,19-28H2,1-12H3,(H,59,63)(H,60,64)/b17-13+,18-14+. The Morgan fingerprint density at radius 2 is 0.721 bits per heavy atom. The second-order valence-corrected chi connectivity index (χ2v) is 22.4. The van der Waals surface area contributed by atoms with Crippen molar-refractivity contribution < 1.29 is 39.5 Å². The number of ether oxygens (including phenoxy) is 2. The van der Waals surface area contributed by atoms with Gasteiger partial charge in [-0.2, -0.15) is 0 Å². The molecule has 0 spiro atoms. The van der Waals surface area contributed by atoms with Crippen LogP contribution in [-0.4, -0.2) is 71.8 Å². The van der Waals surface area contributed by atoms with Gasteiger partial charge in [0.25, 0.3) is 0 Å². The lowest BCUT2D eigenvalue weighted by Gasteiger charge is -2.28. The molecule has 0 saturated carbocycles. The molecule has 10 nitrogen and oxygen atoms in total. The zero-order valence-electron chi connectivity index (χ0n) is 42.8. The Morgan fingerprint density at radius 3 is 0.956 bits per heavy atom. The third kappa shape index (κ3) is 14.2. The first-order valence-electron chi connectivity index (χ1n) is 24.2. The van der Waals surface area contributed by atoms with E-state index in [1.165, 1.54) is 12.2 Å². The Hall–Kier alpha value is -5.58. The van der Waals surface area contributed by atoms with Crippen LogP contribution in [0, 0.1) is 0 Å². The summed E-state index contributed by atoms with van der Waals surface area (Å²) in [6.45, 7) is 27.0. The van der Waals surface area contributed by atoms with E-state index in [1.54, 1.807) is 12.2 Å². The second kappa shape index (κ2) is 22.2. The number of phenolic OH excluding ortho intramolecular Hbond substituents is 2. The molecule has 368 valence electrons. The van der Waals surface area contributed by atoms with Crippen LogP contribution >= 0.6 is 0 Å². The molecule has 0 heterocycles. The average Bonchev–Trinajstić information content (AvgIpc) is 3.23. The number of benzene rings is 4. The van der Waals surface area contributed by atoms with Gasteiger partial charge in [-0.1, -0.05) is 132 Å². The Labute approximate surface area is 405 Å². The van der Waals surface area contributed by atoms with Crippen molar-refractivity contribution in [1.82, 2.24) is 10.6 Å². The van der Waals surface area contributed by atoms with Crippen LogP contribution in [0.15, 0.2) is 72.8 Å². The normalized spacial score (nSPS) is 13.5. The summed E-state index contributed by atoms with van der Waals surface area (Å²) >= 11 is 0. The van der Waals surface area contributed by atoms with Gasteiger partial charge in [0.05, 0.1) is 0 Å². The van der Waals surface area contributed by atoms with Gasteiger partial charge in [0.15, 0.2) is 0 Å². The molecule has 0 atom stereocenters. The van der Waals surface area contributed by atoms with Gasteiger partial charge < -0.3 is 40.5 Å². The van der Waals surface area contributed by atoms with E-state index < -0.39 is 0 Å². The number of phenols is 2. The molecule has 0 aromatic heterocycles. The van der Waals surface area contributed by atoms with Gasteiger partial charge in [-0.05, 0) is 113 Å². The lowest BCUT2D eigenvalue weighted by atomic mass is 9.79. The minimum Gasteiger partial charge on any atom is -0.507 e. The van der Waals surface area contributed by atoms with Crippen LogP contribution in [0.25, 0.3) is 0 Å². The summed E-state index contributed by atoms with van der Waals surface area (Å²) in [5.74, 6) is 1.08. The molecule has 8 bridgehead atoms. The lowest BCUT2D eigenvalue weighted by molar-refractivity contribution is -0.117. The first-order chi connectivity index (χ1) is 31.8. The van der Waals surface area contributed by atoms with E-state index in [1.807, 2.05) is 0 Å².